The van der Waals surface area contributed by atoms with Crippen LogP contribution in [0.4, 0.5) is 4.79 Å². The molecule has 1 aromatic rings. The van der Waals surface area contributed by atoms with Gasteiger partial charge in [0.05, 0.1) is 16.6 Å². The maximum atomic E-state index is 12.8. The monoisotopic (exact) mass is 427 g/mol. The molecule has 0 radical (unpaired) electrons. The molecule has 7 nitrogen and oxygen atoms in total. The molecule has 1 aliphatic heterocycles. The Hall–Kier alpha value is -1.19. The number of hydrogen-bond donors (Lipinski definition) is 0. The summed E-state index contributed by atoms with van der Waals surface area (Å²) in [6, 6.07) is 0.654. The molecule has 0 unspecified atom stereocenters. The molecule has 1 saturated heterocycles. The molecule has 1 aromatic heterocycles. The third-order valence-electron chi connectivity index (χ3n) is 6.08. The number of rotatable bonds is 5. The molecule has 2 saturated carbocycles. The van der Waals surface area contributed by atoms with Crippen LogP contribution in [0, 0.1) is 0 Å². The Labute approximate surface area is 171 Å². The van der Waals surface area contributed by atoms with Gasteiger partial charge in [0, 0.05) is 31.1 Å². The van der Waals surface area contributed by atoms with Crippen molar-refractivity contribution in [3.05, 3.63) is 10.4 Å². The second-order valence-electron chi connectivity index (χ2n) is 8.26. The average molecular weight is 428 g/mol. The molecule has 156 valence electrons. The van der Waals surface area contributed by atoms with E-state index in [-0.39, 0.29) is 12.0 Å². The maximum absolute atomic E-state index is 12.8. The van der Waals surface area contributed by atoms with Crippen molar-refractivity contribution in [3.8, 4) is 5.88 Å². The number of piperidine rings is 1. The summed E-state index contributed by atoms with van der Waals surface area (Å²) in [4.78, 5) is 19.4. The minimum atomic E-state index is -3.12. The smallest absolute Gasteiger partial charge is 0.390 e. The normalized spacial score (nSPS) is 22.9. The molecule has 9 heteroatoms. The van der Waals surface area contributed by atoms with Gasteiger partial charge in [-0.25, -0.2) is 22.5 Å². The molecule has 0 atom stereocenters. The van der Waals surface area contributed by atoms with Crippen molar-refractivity contribution in [2.45, 2.75) is 75.8 Å². The Morgan fingerprint density at radius 1 is 1.11 bits per heavy atom. The van der Waals surface area contributed by atoms with Crippen molar-refractivity contribution in [2.75, 3.05) is 19.3 Å². The highest BCUT2D eigenvalue weighted by atomic mass is 32.2. The van der Waals surface area contributed by atoms with Gasteiger partial charge in [-0.2, -0.15) is 0 Å². The van der Waals surface area contributed by atoms with E-state index < -0.39 is 10.0 Å². The molecule has 1 amide bonds. The number of ether oxygens (including phenoxy) is 1. The Morgan fingerprint density at radius 2 is 1.75 bits per heavy atom. The van der Waals surface area contributed by atoms with E-state index >= 15 is 0 Å². The van der Waals surface area contributed by atoms with Crippen LogP contribution in [0.5, 0.6) is 5.88 Å². The highest BCUT2D eigenvalue weighted by molar-refractivity contribution is 7.88. The summed E-state index contributed by atoms with van der Waals surface area (Å²) in [7, 11) is -3.12. The van der Waals surface area contributed by atoms with Crippen molar-refractivity contribution < 1.29 is 17.9 Å². The summed E-state index contributed by atoms with van der Waals surface area (Å²) < 4.78 is 30.5. The summed E-state index contributed by atoms with van der Waals surface area (Å²) in [6.07, 6.45) is 10.5. The molecule has 0 N–H and O–H groups in total. The fraction of sp³-hybridized carbons (Fsp3) is 0.789. The predicted molar refractivity (Wildman–Crippen MR) is 108 cm³/mol. The first-order chi connectivity index (χ1) is 13.4. The van der Waals surface area contributed by atoms with Gasteiger partial charge < -0.3 is 9.64 Å². The number of nitrogens with zero attached hydrogens (tertiary/aromatic N) is 3. The van der Waals surface area contributed by atoms with E-state index in [0.717, 1.165) is 43.5 Å². The number of sulfonamides is 1. The number of carbonyl (C=O) groups excluding carboxylic acids is 1. The fourth-order valence-corrected chi connectivity index (χ4v) is 6.16. The van der Waals surface area contributed by atoms with Crippen LogP contribution >= 0.6 is 11.3 Å². The lowest BCUT2D eigenvalue weighted by Crippen LogP contribution is -2.44. The molecule has 2 aliphatic carbocycles. The molecule has 3 aliphatic rings. The quantitative estimate of drug-likeness (QED) is 0.718. The highest BCUT2D eigenvalue weighted by Crippen LogP contribution is 2.36. The summed E-state index contributed by atoms with van der Waals surface area (Å²) in [5, 5.41) is 2.74. The summed E-state index contributed by atoms with van der Waals surface area (Å²) in [6.45, 7) is 1.05. The second kappa shape index (κ2) is 8.28. The van der Waals surface area contributed by atoms with Crippen LogP contribution in [-0.2, 0) is 10.0 Å². The molecule has 4 rings (SSSR count). The highest BCUT2D eigenvalue weighted by Gasteiger charge is 2.39. The Kier molecular flexibility index (Phi) is 5.94. The Balaban J connectivity index is 1.36. The van der Waals surface area contributed by atoms with Crippen LogP contribution in [0.1, 0.15) is 68.7 Å². The Bertz CT molecular complexity index is 792. The first kappa shape index (κ1) is 20.1. The van der Waals surface area contributed by atoms with Crippen LogP contribution in [0.25, 0.3) is 0 Å². The zero-order valence-electron chi connectivity index (χ0n) is 16.4. The van der Waals surface area contributed by atoms with Gasteiger partial charge in [0.2, 0.25) is 15.9 Å². The number of thiazole rings is 1. The van der Waals surface area contributed by atoms with Gasteiger partial charge >= 0.3 is 6.09 Å². The van der Waals surface area contributed by atoms with E-state index in [1.165, 1.54) is 41.2 Å². The first-order valence-electron chi connectivity index (χ1n) is 10.3. The number of aromatic nitrogens is 1. The molecule has 0 aromatic carbocycles. The van der Waals surface area contributed by atoms with Gasteiger partial charge in [-0.05, 0) is 38.5 Å². The van der Waals surface area contributed by atoms with Gasteiger partial charge in [-0.3, -0.25) is 0 Å². The van der Waals surface area contributed by atoms with E-state index in [0.29, 0.717) is 31.1 Å². The molecule has 28 heavy (non-hydrogen) atoms. The Morgan fingerprint density at radius 3 is 2.36 bits per heavy atom. The van der Waals surface area contributed by atoms with Crippen molar-refractivity contribution in [3.63, 3.8) is 0 Å². The maximum Gasteiger partial charge on any atom is 0.417 e. The lowest BCUT2D eigenvalue weighted by Gasteiger charge is -2.33. The molecule has 2 heterocycles. The standard InChI is InChI=1S/C19H29N3O4S2/c1-28(24,25)21-11-9-14(10-12-21)18-20-17(13-27-18)26-19(23)22(16-7-8-16)15-5-3-2-4-6-15/h13-16H,2-12H2,1H3. The van der Waals surface area contributed by atoms with E-state index in [2.05, 4.69) is 4.98 Å². The van der Waals surface area contributed by atoms with Gasteiger partial charge in [-0.15, -0.1) is 11.3 Å². The van der Waals surface area contributed by atoms with Crippen molar-refractivity contribution in [2.24, 2.45) is 0 Å². The zero-order valence-corrected chi connectivity index (χ0v) is 18.0. The number of carbonyl (C=O) groups is 1. The van der Waals surface area contributed by atoms with Gasteiger partial charge in [0.1, 0.15) is 0 Å². The predicted octanol–water partition coefficient (Wildman–Crippen LogP) is 3.58. The van der Waals surface area contributed by atoms with E-state index in [9.17, 15) is 13.2 Å². The van der Waals surface area contributed by atoms with Crippen molar-refractivity contribution in [1.82, 2.24) is 14.2 Å². The largest absolute Gasteiger partial charge is 0.417 e. The summed E-state index contributed by atoms with van der Waals surface area (Å²) >= 11 is 1.50. The molecular weight excluding hydrogens is 398 g/mol. The third-order valence-corrected chi connectivity index (χ3v) is 8.37. The molecule has 0 bridgehead atoms. The van der Waals surface area contributed by atoms with Crippen LogP contribution in [-0.4, -0.2) is 60.1 Å². The van der Waals surface area contributed by atoms with Gasteiger partial charge in [0.15, 0.2) is 0 Å². The number of amides is 1. The molecule has 3 fully saturated rings. The topological polar surface area (TPSA) is 79.8 Å². The van der Waals surface area contributed by atoms with Crippen molar-refractivity contribution in [1.29, 1.82) is 0 Å². The van der Waals surface area contributed by atoms with E-state index in [1.54, 1.807) is 0 Å². The SMILES string of the molecule is CS(=O)(=O)N1CCC(c2nc(OC(=O)N(C3CCCCC3)C3CC3)cs2)CC1. The first-order valence-corrected chi connectivity index (χ1v) is 13.1. The fourth-order valence-electron chi connectivity index (χ4n) is 4.39. The summed E-state index contributed by atoms with van der Waals surface area (Å²) in [5.74, 6) is 0.616. The van der Waals surface area contributed by atoms with E-state index in [1.807, 2.05) is 10.3 Å². The minimum Gasteiger partial charge on any atom is -0.390 e. The zero-order chi connectivity index (χ0) is 19.7. The lowest BCUT2D eigenvalue weighted by molar-refractivity contribution is 0.111. The number of hydrogen-bond acceptors (Lipinski definition) is 6. The van der Waals surface area contributed by atoms with Crippen LogP contribution in [0.2, 0.25) is 0 Å². The minimum absolute atomic E-state index is 0.230. The van der Waals surface area contributed by atoms with Crippen LogP contribution < -0.4 is 4.74 Å². The average Bonchev–Trinajstić information content (AvgIpc) is 3.39. The second-order valence-corrected chi connectivity index (χ2v) is 11.1. The van der Waals surface area contributed by atoms with Gasteiger partial charge in [0.25, 0.3) is 0 Å². The van der Waals surface area contributed by atoms with Crippen LogP contribution in [0.3, 0.4) is 0 Å². The summed E-state index contributed by atoms with van der Waals surface area (Å²) in [5.41, 5.74) is 0. The molecule has 0 spiro atoms. The third kappa shape index (κ3) is 4.68. The van der Waals surface area contributed by atoms with Crippen molar-refractivity contribution >= 4 is 27.5 Å². The molecular formula is C19H29N3O4S2. The van der Waals surface area contributed by atoms with Gasteiger partial charge in [-0.1, -0.05) is 19.3 Å². The van der Waals surface area contributed by atoms with Crippen LogP contribution in [0.15, 0.2) is 5.38 Å². The van der Waals surface area contributed by atoms with E-state index in [4.69, 9.17) is 4.74 Å². The lowest BCUT2D eigenvalue weighted by atomic mass is 9.94.